The molecule has 6 N–H and O–H groups in total. The van der Waals surface area contributed by atoms with Crippen LogP contribution in [-0.2, 0) is 0 Å². The molecule has 0 aliphatic carbocycles. The lowest BCUT2D eigenvalue weighted by Crippen LogP contribution is -2.44. The van der Waals surface area contributed by atoms with E-state index in [1.54, 1.807) is 18.6 Å². The van der Waals surface area contributed by atoms with Gasteiger partial charge in [-0.3, -0.25) is 19.9 Å². The summed E-state index contributed by atoms with van der Waals surface area (Å²) in [6.45, 7) is 4.12. The average Bonchev–Trinajstić information content (AvgIpc) is 3.12. The summed E-state index contributed by atoms with van der Waals surface area (Å²) < 4.78 is 0. The number of anilines is 3. The first-order chi connectivity index (χ1) is 24.0. The smallest absolute Gasteiger partial charge is 0.170 e. The van der Waals surface area contributed by atoms with Crippen molar-refractivity contribution in [2.24, 2.45) is 0 Å². The Kier molecular flexibility index (Phi) is 11.6. The maximum atomic E-state index is 5.63. The highest BCUT2D eigenvalue weighted by Gasteiger charge is 2.10. The van der Waals surface area contributed by atoms with Crippen LogP contribution in [0.5, 0.6) is 0 Å². The highest BCUT2D eigenvalue weighted by atomic mass is 32.1. The molecule has 0 atom stereocenters. The number of hydrogen-bond donors (Lipinski definition) is 6. The van der Waals surface area contributed by atoms with E-state index >= 15 is 0 Å². The molecule has 0 aliphatic rings. The van der Waals surface area contributed by atoms with Crippen molar-refractivity contribution in [3.63, 3.8) is 0 Å². The maximum absolute atomic E-state index is 5.63. The standard InChI is InChI=1S/C36H36N10S3/c47-34(43-28-13-1-7-25-10-4-16-37-31(25)28)40-19-22-46(23-20-41-35(48)44-29-14-2-8-26-11-5-17-38-32(26)29)24-21-42-36(49)45-30-15-3-9-27-12-6-18-39-33(27)30/h1-18H,19-24H2,(H2,40,43,47)(H2,41,44,48)(H2,42,45,49). The van der Waals surface area contributed by atoms with Gasteiger partial charge in [-0.15, -0.1) is 0 Å². The molecule has 0 spiro atoms. The van der Waals surface area contributed by atoms with E-state index in [9.17, 15) is 0 Å². The molecule has 0 amide bonds. The van der Waals surface area contributed by atoms with E-state index < -0.39 is 0 Å². The zero-order chi connectivity index (χ0) is 33.8. The molecule has 3 heterocycles. The number of nitrogens with zero attached hydrogens (tertiary/aromatic N) is 4. The van der Waals surface area contributed by atoms with Crippen molar-refractivity contribution >= 4 is 102 Å². The van der Waals surface area contributed by atoms with Gasteiger partial charge in [-0.2, -0.15) is 0 Å². The zero-order valence-electron chi connectivity index (χ0n) is 26.6. The van der Waals surface area contributed by atoms with Crippen LogP contribution < -0.4 is 31.9 Å². The molecule has 3 aromatic carbocycles. The van der Waals surface area contributed by atoms with Gasteiger partial charge in [0.1, 0.15) is 0 Å². The largest absolute Gasteiger partial charge is 0.361 e. The van der Waals surface area contributed by atoms with Crippen LogP contribution in [0.1, 0.15) is 0 Å². The molecule has 10 nitrogen and oxygen atoms in total. The molecule has 49 heavy (non-hydrogen) atoms. The molecule has 13 heteroatoms. The van der Waals surface area contributed by atoms with Crippen LogP contribution in [0.25, 0.3) is 32.7 Å². The molecule has 0 bridgehead atoms. The number of aromatic nitrogens is 3. The SMILES string of the molecule is S=C(NCCN(CCNC(=S)Nc1cccc2cccnc12)CCNC(=S)Nc1cccc2cccnc12)Nc1cccc2cccnc12. The number of fused-ring (bicyclic) bond motifs is 3. The van der Waals surface area contributed by atoms with E-state index in [1.807, 2.05) is 91.0 Å². The first-order valence-electron chi connectivity index (χ1n) is 15.9. The van der Waals surface area contributed by atoms with Crippen LogP contribution in [0.2, 0.25) is 0 Å². The van der Waals surface area contributed by atoms with Crippen molar-refractivity contribution in [3.8, 4) is 0 Å². The highest BCUT2D eigenvalue weighted by molar-refractivity contribution is 7.80. The van der Waals surface area contributed by atoms with E-state index in [2.05, 4.69) is 51.8 Å². The molecule has 0 fully saturated rings. The first kappa shape index (κ1) is 33.8. The molecule has 0 radical (unpaired) electrons. The van der Waals surface area contributed by atoms with Crippen LogP contribution in [0, 0.1) is 0 Å². The van der Waals surface area contributed by atoms with Gasteiger partial charge in [0.15, 0.2) is 15.3 Å². The van der Waals surface area contributed by atoms with Gasteiger partial charge in [0.25, 0.3) is 0 Å². The van der Waals surface area contributed by atoms with Gasteiger partial charge in [-0.1, -0.05) is 54.6 Å². The lowest BCUT2D eigenvalue weighted by Gasteiger charge is -2.24. The predicted octanol–water partition coefficient (Wildman–Crippen LogP) is 5.89. The Balaban J connectivity index is 1.02. The molecule has 6 rings (SSSR count). The van der Waals surface area contributed by atoms with E-state index in [1.165, 1.54) is 0 Å². The topological polar surface area (TPSA) is 114 Å². The van der Waals surface area contributed by atoms with Gasteiger partial charge < -0.3 is 31.9 Å². The monoisotopic (exact) mass is 704 g/mol. The summed E-state index contributed by atoms with van der Waals surface area (Å²) in [6, 6.07) is 29.9. The summed E-state index contributed by atoms with van der Waals surface area (Å²) in [5.74, 6) is 0. The second-order valence-corrected chi connectivity index (χ2v) is 12.4. The molecule has 0 aliphatic heterocycles. The summed E-state index contributed by atoms with van der Waals surface area (Å²) in [5.41, 5.74) is 5.23. The fraction of sp³-hybridized carbons (Fsp3) is 0.167. The Morgan fingerprint density at radius 2 is 0.755 bits per heavy atom. The normalized spacial score (nSPS) is 11.0. The van der Waals surface area contributed by atoms with Crippen LogP contribution in [0.15, 0.2) is 110 Å². The first-order valence-corrected chi connectivity index (χ1v) is 17.1. The quantitative estimate of drug-likeness (QED) is 0.0852. The third kappa shape index (κ3) is 9.30. The van der Waals surface area contributed by atoms with Gasteiger partial charge in [0.2, 0.25) is 0 Å². The van der Waals surface area contributed by atoms with Gasteiger partial charge in [-0.25, -0.2) is 0 Å². The van der Waals surface area contributed by atoms with E-state index in [0.717, 1.165) is 69.4 Å². The van der Waals surface area contributed by atoms with E-state index in [-0.39, 0.29) is 0 Å². The number of hydrogen-bond acceptors (Lipinski definition) is 7. The summed E-state index contributed by atoms with van der Waals surface area (Å²) in [7, 11) is 0. The minimum absolute atomic E-state index is 0.539. The van der Waals surface area contributed by atoms with Crippen molar-refractivity contribution < 1.29 is 0 Å². The molecule has 0 saturated carbocycles. The summed E-state index contributed by atoms with van der Waals surface area (Å²) in [6.07, 6.45) is 5.35. The van der Waals surface area contributed by atoms with E-state index in [4.69, 9.17) is 36.7 Å². The molecule has 248 valence electrons. The average molecular weight is 705 g/mol. The molecule has 0 unspecified atom stereocenters. The fourth-order valence-corrected chi connectivity index (χ4v) is 6.07. The van der Waals surface area contributed by atoms with E-state index in [0.29, 0.717) is 35.0 Å². The molecule has 3 aromatic heterocycles. The Morgan fingerprint density at radius 3 is 1.08 bits per heavy atom. The Hall–Kier alpha value is -5.08. The van der Waals surface area contributed by atoms with Crippen LogP contribution in [0.3, 0.4) is 0 Å². The minimum atomic E-state index is 0.539. The van der Waals surface area contributed by atoms with Crippen molar-refractivity contribution in [3.05, 3.63) is 110 Å². The summed E-state index contributed by atoms with van der Waals surface area (Å²) in [5, 5.41) is 24.7. The fourth-order valence-electron chi connectivity index (χ4n) is 5.43. The number of nitrogens with one attached hydrogen (secondary N) is 6. The lowest BCUT2D eigenvalue weighted by molar-refractivity contribution is 0.286. The summed E-state index contributed by atoms with van der Waals surface area (Å²) >= 11 is 16.9. The van der Waals surface area contributed by atoms with Gasteiger partial charge in [0.05, 0.1) is 33.6 Å². The van der Waals surface area contributed by atoms with Crippen molar-refractivity contribution in [2.45, 2.75) is 0 Å². The Bertz CT molecular complexity index is 1840. The summed E-state index contributed by atoms with van der Waals surface area (Å²) in [4.78, 5) is 15.9. The number of pyridine rings is 3. The second-order valence-electron chi connectivity index (χ2n) is 11.1. The Morgan fingerprint density at radius 1 is 0.449 bits per heavy atom. The zero-order valence-corrected chi connectivity index (χ0v) is 29.1. The van der Waals surface area contributed by atoms with Crippen LogP contribution in [-0.4, -0.2) is 74.5 Å². The number of para-hydroxylation sites is 3. The third-order valence-corrected chi connectivity index (χ3v) is 8.52. The lowest BCUT2D eigenvalue weighted by atomic mass is 10.2. The molecule has 6 aromatic rings. The van der Waals surface area contributed by atoms with Crippen molar-refractivity contribution in [1.82, 2.24) is 35.8 Å². The minimum Gasteiger partial charge on any atom is -0.361 e. The van der Waals surface area contributed by atoms with Gasteiger partial charge >= 0.3 is 0 Å². The number of rotatable bonds is 12. The maximum Gasteiger partial charge on any atom is 0.170 e. The molecular weight excluding hydrogens is 669 g/mol. The predicted molar refractivity (Wildman–Crippen MR) is 214 cm³/mol. The molecular formula is C36H36N10S3. The second kappa shape index (κ2) is 16.8. The number of benzene rings is 3. The van der Waals surface area contributed by atoms with Crippen molar-refractivity contribution in [2.75, 3.05) is 55.2 Å². The van der Waals surface area contributed by atoms with Crippen LogP contribution >= 0.6 is 36.7 Å². The molecule has 0 saturated heterocycles. The highest BCUT2D eigenvalue weighted by Crippen LogP contribution is 2.22. The number of thiocarbonyl (C=S) groups is 3. The van der Waals surface area contributed by atoms with Gasteiger partial charge in [-0.05, 0) is 73.1 Å². The third-order valence-electron chi connectivity index (χ3n) is 7.78. The van der Waals surface area contributed by atoms with Crippen LogP contribution in [0.4, 0.5) is 17.1 Å². The Labute approximate surface area is 301 Å². The van der Waals surface area contributed by atoms with Crippen molar-refractivity contribution in [1.29, 1.82) is 0 Å². The van der Waals surface area contributed by atoms with Gasteiger partial charge in [0, 0.05) is 74.0 Å².